The predicted octanol–water partition coefficient (Wildman–Crippen LogP) is 1.67. The topological polar surface area (TPSA) is 63.2 Å². The Labute approximate surface area is 108 Å². The maximum Gasteiger partial charge on any atom is 0.252 e. The first-order valence-corrected chi connectivity index (χ1v) is 6.25. The molecule has 1 aromatic rings. The van der Waals surface area contributed by atoms with E-state index in [-0.39, 0.29) is 5.91 Å². The number of methoxy groups -OCH3 is 1. The van der Waals surface area contributed by atoms with Crippen LogP contribution in [0.25, 0.3) is 0 Å². The van der Waals surface area contributed by atoms with Gasteiger partial charge in [0.15, 0.2) is 0 Å². The second-order valence-electron chi connectivity index (χ2n) is 3.96. The van der Waals surface area contributed by atoms with Crippen molar-refractivity contribution in [1.82, 2.24) is 10.3 Å². The zero-order valence-electron chi connectivity index (χ0n) is 11.0. The lowest BCUT2D eigenvalue weighted by Crippen LogP contribution is -2.24. The van der Waals surface area contributed by atoms with E-state index in [0.29, 0.717) is 12.1 Å². The molecule has 0 aliphatic rings. The zero-order chi connectivity index (χ0) is 13.2. The monoisotopic (exact) mass is 251 g/mol. The van der Waals surface area contributed by atoms with Crippen LogP contribution in [0.15, 0.2) is 18.3 Å². The Bertz CT molecular complexity index is 352. The molecule has 0 radical (unpaired) electrons. The first-order chi connectivity index (χ1) is 8.77. The van der Waals surface area contributed by atoms with Crippen molar-refractivity contribution in [2.24, 2.45) is 0 Å². The molecule has 18 heavy (non-hydrogen) atoms. The highest BCUT2D eigenvalue weighted by Crippen LogP contribution is 2.05. The summed E-state index contributed by atoms with van der Waals surface area (Å²) in [5.74, 6) is 0.702. The number of aromatic nitrogens is 1. The molecule has 2 N–H and O–H groups in total. The minimum Gasteiger partial charge on any atom is -0.385 e. The first kappa shape index (κ1) is 14.4. The lowest BCUT2D eigenvalue weighted by molar-refractivity contribution is 0.0953. The summed E-state index contributed by atoms with van der Waals surface area (Å²) >= 11 is 0. The van der Waals surface area contributed by atoms with Gasteiger partial charge in [0, 0.05) is 33.0 Å². The standard InChI is InChI=1S/C13H21N3O2/c1-3-7-15-13(17)11-5-6-12(16-10-11)14-8-4-9-18-2/h5-6,10H,3-4,7-9H2,1-2H3,(H,14,16)(H,15,17). The molecule has 0 unspecified atom stereocenters. The lowest BCUT2D eigenvalue weighted by Gasteiger charge is -2.06. The van der Waals surface area contributed by atoms with Crippen LogP contribution in [0.5, 0.6) is 0 Å². The molecule has 0 spiro atoms. The highest BCUT2D eigenvalue weighted by atomic mass is 16.5. The molecule has 0 atom stereocenters. The van der Waals surface area contributed by atoms with Crippen molar-refractivity contribution in [3.63, 3.8) is 0 Å². The van der Waals surface area contributed by atoms with Gasteiger partial charge < -0.3 is 15.4 Å². The third-order valence-corrected chi connectivity index (χ3v) is 2.39. The zero-order valence-corrected chi connectivity index (χ0v) is 11.0. The summed E-state index contributed by atoms with van der Waals surface area (Å²) in [6.07, 6.45) is 3.44. The van der Waals surface area contributed by atoms with E-state index in [4.69, 9.17) is 4.74 Å². The number of ether oxygens (including phenoxy) is 1. The van der Waals surface area contributed by atoms with Crippen LogP contribution in [0.1, 0.15) is 30.1 Å². The largest absolute Gasteiger partial charge is 0.385 e. The molecule has 0 aliphatic heterocycles. The van der Waals surface area contributed by atoms with Gasteiger partial charge in [-0.05, 0) is 25.0 Å². The fourth-order valence-corrected chi connectivity index (χ4v) is 1.41. The van der Waals surface area contributed by atoms with Crippen LogP contribution < -0.4 is 10.6 Å². The predicted molar refractivity (Wildman–Crippen MR) is 71.8 cm³/mol. The van der Waals surface area contributed by atoms with Crippen molar-refractivity contribution in [2.45, 2.75) is 19.8 Å². The van der Waals surface area contributed by atoms with Crippen molar-refractivity contribution in [2.75, 3.05) is 32.1 Å². The van der Waals surface area contributed by atoms with E-state index in [2.05, 4.69) is 15.6 Å². The Hall–Kier alpha value is -1.62. The number of anilines is 1. The molecule has 1 amide bonds. The number of carbonyl (C=O) groups is 1. The summed E-state index contributed by atoms with van der Waals surface area (Å²) in [6.45, 7) is 4.24. The highest BCUT2D eigenvalue weighted by Gasteiger charge is 2.04. The number of pyridine rings is 1. The van der Waals surface area contributed by atoms with Gasteiger partial charge in [-0.25, -0.2) is 4.98 Å². The van der Waals surface area contributed by atoms with E-state index in [1.807, 2.05) is 13.0 Å². The van der Waals surface area contributed by atoms with Gasteiger partial charge in [0.05, 0.1) is 5.56 Å². The molecule has 0 aliphatic carbocycles. The van der Waals surface area contributed by atoms with Crippen LogP contribution in [-0.2, 0) is 4.74 Å². The number of carbonyl (C=O) groups excluding carboxylic acids is 1. The quantitative estimate of drug-likeness (QED) is 0.690. The van der Waals surface area contributed by atoms with Crippen LogP contribution >= 0.6 is 0 Å². The maximum absolute atomic E-state index is 11.6. The van der Waals surface area contributed by atoms with Gasteiger partial charge in [0.2, 0.25) is 0 Å². The van der Waals surface area contributed by atoms with E-state index in [9.17, 15) is 4.79 Å². The summed E-state index contributed by atoms with van der Waals surface area (Å²) in [7, 11) is 1.68. The number of hydrogen-bond donors (Lipinski definition) is 2. The van der Waals surface area contributed by atoms with Crippen LogP contribution in [-0.4, -0.2) is 37.7 Å². The van der Waals surface area contributed by atoms with E-state index >= 15 is 0 Å². The molecule has 5 nitrogen and oxygen atoms in total. The Kier molecular flexibility index (Phi) is 6.79. The minimum atomic E-state index is -0.0738. The van der Waals surface area contributed by atoms with E-state index in [1.54, 1.807) is 19.4 Å². The van der Waals surface area contributed by atoms with E-state index < -0.39 is 0 Å². The Morgan fingerprint density at radius 2 is 2.22 bits per heavy atom. The molecule has 1 rings (SSSR count). The SMILES string of the molecule is CCCNC(=O)c1ccc(NCCCOC)nc1. The van der Waals surface area contributed by atoms with Gasteiger partial charge in [-0.3, -0.25) is 4.79 Å². The first-order valence-electron chi connectivity index (χ1n) is 6.25. The Morgan fingerprint density at radius 1 is 1.39 bits per heavy atom. The Balaban J connectivity index is 2.39. The molecule has 1 aromatic heterocycles. The summed E-state index contributed by atoms with van der Waals surface area (Å²) in [4.78, 5) is 15.8. The fourth-order valence-electron chi connectivity index (χ4n) is 1.41. The lowest BCUT2D eigenvalue weighted by atomic mass is 10.2. The average Bonchev–Trinajstić information content (AvgIpc) is 2.41. The summed E-state index contributed by atoms with van der Waals surface area (Å²) < 4.78 is 4.95. The fraction of sp³-hybridized carbons (Fsp3) is 0.538. The average molecular weight is 251 g/mol. The summed E-state index contributed by atoms with van der Waals surface area (Å²) in [5, 5.41) is 5.98. The smallest absolute Gasteiger partial charge is 0.252 e. The maximum atomic E-state index is 11.6. The molecule has 0 bridgehead atoms. The normalized spacial score (nSPS) is 10.1. The van der Waals surface area contributed by atoms with Crippen molar-refractivity contribution in [3.8, 4) is 0 Å². The summed E-state index contributed by atoms with van der Waals surface area (Å²) in [5.41, 5.74) is 0.589. The molecule has 0 aromatic carbocycles. The summed E-state index contributed by atoms with van der Waals surface area (Å²) in [6, 6.07) is 3.59. The van der Waals surface area contributed by atoms with Gasteiger partial charge in [0.1, 0.15) is 5.82 Å². The third-order valence-electron chi connectivity index (χ3n) is 2.39. The second kappa shape index (κ2) is 8.47. The highest BCUT2D eigenvalue weighted by molar-refractivity contribution is 5.93. The third kappa shape index (κ3) is 5.14. The van der Waals surface area contributed by atoms with Crippen LogP contribution in [0, 0.1) is 0 Å². The molecule has 0 saturated heterocycles. The van der Waals surface area contributed by atoms with Gasteiger partial charge in [-0.2, -0.15) is 0 Å². The van der Waals surface area contributed by atoms with Gasteiger partial charge >= 0.3 is 0 Å². The molecule has 0 saturated carbocycles. The number of hydrogen-bond acceptors (Lipinski definition) is 4. The number of rotatable bonds is 8. The van der Waals surface area contributed by atoms with Crippen LogP contribution in [0.3, 0.4) is 0 Å². The molecule has 5 heteroatoms. The van der Waals surface area contributed by atoms with Gasteiger partial charge in [-0.15, -0.1) is 0 Å². The number of amides is 1. The molecule has 100 valence electrons. The minimum absolute atomic E-state index is 0.0738. The van der Waals surface area contributed by atoms with Crippen molar-refractivity contribution in [1.29, 1.82) is 0 Å². The van der Waals surface area contributed by atoms with Crippen molar-refractivity contribution in [3.05, 3.63) is 23.9 Å². The number of nitrogens with one attached hydrogen (secondary N) is 2. The van der Waals surface area contributed by atoms with Crippen molar-refractivity contribution < 1.29 is 9.53 Å². The second-order valence-corrected chi connectivity index (χ2v) is 3.96. The van der Waals surface area contributed by atoms with Gasteiger partial charge in [-0.1, -0.05) is 6.92 Å². The van der Waals surface area contributed by atoms with E-state index in [1.165, 1.54) is 0 Å². The molecular weight excluding hydrogens is 230 g/mol. The van der Waals surface area contributed by atoms with E-state index in [0.717, 1.165) is 31.8 Å². The van der Waals surface area contributed by atoms with Crippen LogP contribution in [0.4, 0.5) is 5.82 Å². The van der Waals surface area contributed by atoms with Crippen molar-refractivity contribution >= 4 is 11.7 Å². The Morgan fingerprint density at radius 3 is 2.83 bits per heavy atom. The van der Waals surface area contributed by atoms with Gasteiger partial charge in [0.25, 0.3) is 5.91 Å². The number of nitrogens with zero attached hydrogens (tertiary/aromatic N) is 1. The van der Waals surface area contributed by atoms with Crippen LogP contribution in [0.2, 0.25) is 0 Å². The molecule has 1 heterocycles. The molecule has 0 fully saturated rings. The molecular formula is C13H21N3O2.